The highest BCUT2D eigenvalue weighted by Gasteiger charge is 2.39. The van der Waals surface area contributed by atoms with Crippen LogP contribution in [0.3, 0.4) is 0 Å². The standard InChI is InChI=1S/C23H34N4O2/c1-29-18-11-12-26(15-18)21-8-4-6-19(21)24-23(28)25-20-5-2-3-7-22(20)27-14-16-9-10-17(27)13-16/h2-3,5,7,16-19,21H,4,6,8-15H2,1H3,(H2,24,25,28)/t16?,17?,18?,19-,21+/m0/s1. The number of likely N-dealkylation sites (tertiary alicyclic amines) is 1. The first-order valence-electron chi connectivity index (χ1n) is 11.4. The number of hydrogen-bond acceptors (Lipinski definition) is 4. The first-order valence-corrected chi connectivity index (χ1v) is 11.4. The zero-order valence-electron chi connectivity index (χ0n) is 17.5. The molecule has 5 rings (SSSR count). The lowest BCUT2D eigenvalue weighted by Gasteiger charge is -2.32. The number of anilines is 2. The predicted molar refractivity (Wildman–Crippen MR) is 115 cm³/mol. The fraction of sp³-hybridized carbons (Fsp3) is 0.696. The number of piperidine rings is 1. The van der Waals surface area contributed by atoms with Gasteiger partial charge in [0.05, 0.1) is 17.5 Å². The number of amides is 2. The van der Waals surface area contributed by atoms with Gasteiger partial charge in [-0.15, -0.1) is 0 Å². The molecule has 2 saturated carbocycles. The molecule has 0 spiro atoms. The SMILES string of the molecule is COC1CCN([C@@H]2CCC[C@@H]2NC(=O)Nc2ccccc2N2CC3CCC2C3)C1. The Morgan fingerprint density at radius 3 is 2.76 bits per heavy atom. The number of nitrogens with one attached hydrogen (secondary N) is 2. The molecule has 2 N–H and O–H groups in total. The Hall–Kier alpha value is -1.79. The molecule has 6 heteroatoms. The van der Waals surface area contributed by atoms with Crippen LogP contribution in [0.5, 0.6) is 0 Å². The van der Waals surface area contributed by atoms with E-state index in [-0.39, 0.29) is 12.1 Å². The van der Waals surface area contributed by atoms with Crippen LogP contribution in [0.25, 0.3) is 0 Å². The highest BCUT2D eigenvalue weighted by molar-refractivity contribution is 5.93. The summed E-state index contributed by atoms with van der Waals surface area (Å²) in [5.74, 6) is 0.831. The molecule has 0 aromatic heterocycles. The summed E-state index contributed by atoms with van der Waals surface area (Å²) in [5, 5.41) is 6.46. The molecule has 6 nitrogen and oxygen atoms in total. The summed E-state index contributed by atoms with van der Waals surface area (Å²) < 4.78 is 5.53. The van der Waals surface area contributed by atoms with E-state index < -0.39 is 0 Å². The molecule has 2 aliphatic carbocycles. The number of para-hydroxylation sites is 2. The Balaban J connectivity index is 1.22. The van der Waals surface area contributed by atoms with Gasteiger partial charge < -0.3 is 20.3 Å². The molecular formula is C23H34N4O2. The Morgan fingerprint density at radius 2 is 2.00 bits per heavy atom. The molecule has 2 heterocycles. The maximum Gasteiger partial charge on any atom is 0.319 e. The van der Waals surface area contributed by atoms with Crippen LogP contribution in [0.1, 0.15) is 44.9 Å². The van der Waals surface area contributed by atoms with Crippen LogP contribution in [-0.2, 0) is 4.74 Å². The fourth-order valence-electron chi connectivity index (χ4n) is 6.17. The van der Waals surface area contributed by atoms with Crippen molar-refractivity contribution in [1.82, 2.24) is 10.2 Å². The van der Waals surface area contributed by atoms with E-state index in [1.165, 1.54) is 31.4 Å². The van der Waals surface area contributed by atoms with Crippen molar-refractivity contribution in [1.29, 1.82) is 0 Å². The van der Waals surface area contributed by atoms with Gasteiger partial charge in [-0.1, -0.05) is 12.1 Å². The molecule has 1 aromatic rings. The van der Waals surface area contributed by atoms with Crippen molar-refractivity contribution in [2.24, 2.45) is 5.92 Å². The van der Waals surface area contributed by atoms with E-state index in [1.807, 2.05) is 12.1 Å². The molecule has 3 unspecified atom stereocenters. The normalized spacial score (nSPS) is 34.1. The molecule has 2 saturated heterocycles. The minimum absolute atomic E-state index is 0.0683. The number of carbonyl (C=O) groups excluding carboxylic acids is 1. The van der Waals surface area contributed by atoms with Gasteiger partial charge in [-0.2, -0.15) is 0 Å². The lowest BCUT2D eigenvalue weighted by Crippen LogP contribution is -2.49. The zero-order valence-corrected chi connectivity index (χ0v) is 17.5. The van der Waals surface area contributed by atoms with Crippen LogP contribution in [0.4, 0.5) is 16.2 Å². The largest absolute Gasteiger partial charge is 0.380 e. The van der Waals surface area contributed by atoms with Gasteiger partial charge >= 0.3 is 6.03 Å². The van der Waals surface area contributed by atoms with Crippen LogP contribution >= 0.6 is 0 Å². The fourth-order valence-corrected chi connectivity index (χ4v) is 6.17. The minimum atomic E-state index is -0.0683. The van der Waals surface area contributed by atoms with Crippen LogP contribution in [0, 0.1) is 5.92 Å². The van der Waals surface area contributed by atoms with E-state index >= 15 is 0 Å². The van der Waals surface area contributed by atoms with Crippen molar-refractivity contribution < 1.29 is 9.53 Å². The van der Waals surface area contributed by atoms with E-state index in [4.69, 9.17) is 4.74 Å². The Labute approximate surface area is 174 Å². The highest BCUT2D eigenvalue weighted by Crippen LogP contribution is 2.42. The number of hydrogen-bond donors (Lipinski definition) is 2. The summed E-state index contributed by atoms with van der Waals surface area (Å²) in [4.78, 5) is 17.9. The van der Waals surface area contributed by atoms with Gasteiger partial charge in [0.2, 0.25) is 0 Å². The Kier molecular flexibility index (Phi) is 5.39. The van der Waals surface area contributed by atoms with Gasteiger partial charge in [0, 0.05) is 44.9 Å². The summed E-state index contributed by atoms with van der Waals surface area (Å²) in [6.45, 7) is 3.19. The van der Waals surface area contributed by atoms with E-state index in [0.29, 0.717) is 18.2 Å². The van der Waals surface area contributed by atoms with Crippen molar-refractivity contribution in [3.63, 3.8) is 0 Å². The van der Waals surface area contributed by atoms with Crippen molar-refractivity contribution in [2.75, 3.05) is 37.0 Å². The minimum Gasteiger partial charge on any atom is -0.380 e. The average molecular weight is 399 g/mol. The molecular weight excluding hydrogens is 364 g/mol. The molecule has 29 heavy (non-hydrogen) atoms. The number of benzene rings is 1. The van der Waals surface area contributed by atoms with Gasteiger partial charge in [0.25, 0.3) is 0 Å². The number of urea groups is 1. The monoisotopic (exact) mass is 398 g/mol. The van der Waals surface area contributed by atoms with Gasteiger partial charge in [0.15, 0.2) is 0 Å². The maximum absolute atomic E-state index is 12.9. The van der Waals surface area contributed by atoms with Gasteiger partial charge in [-0.25, -0.2) is 4.79 Å². The number of fused-ring (bicyclic) bond motifs is 2. The van der Waals surface area contributed by atoms with Crippen molar-refractivity contribution in [3.05, 3.63) is 24.3 Å². The first kappa shape index (κ1) is 19.2. The molecule has 2 bridgehead atoms. The highest BCUT2D eigenvalue weighted by atomic mass is 16.5. The molecule has 5 atom stereocenters. The third kappa shape index (κ3) is 3.84. The van der Waals surface area contributed by atoms with E-state index in [1.54, 1.807) is 7.11 Å². The number of ether oxygens (including phenoxy) is 1. The number of nitrogens with zero attached hydrogens (tertiary/aromatic N) is 2. The van der Waals surface area contributed by atoms with Crippen LogP contribution < -0.4 is 15.5 Å². The van der Waals surface area contributed by atoms with Crippen molar-refractivity contribution in [3.8, 4) is 0 Å². The second kappa shape index (κ2) is 8.15. The van der Waals surface area contributed by atoms with Gasteiger partial charge in [-0.05, 0) is 63.0 Å². The maximum atomic E-state index is 12.9. The number of rotatable bonds is 5. The smallest absolute Gasteiger partial charge is 0.319 e. The first-order chi connectivity index (χ1) is 14.2. The van der Waals surface area contributed by atoms with Gasteiger partial charge in [0.1, 0.15) is 0 Å². The predicted octanol–water partition coefficient (Wildman–Crippen LogP) is 3.44. The zero-order chi connectivity index (χ0) is 19.8. The molecule has 2 amide bonds. The molecule has 4 aliphatic rings. The van der Waals surface area contributed by atoms with E-state index in [0.717, 1.165) is 50.5 Å². The Morgan fingerprint density at radius 1 is 1.10 bits per heavy atom. The van der Waals surface area contributed by atoms with Crippen molar-refractivity contribution >= 4 is 17.4 Å². The number of carbonyl (C=O) groups is 1. The number of methoxy groups -OCH3 is 1. The van der Waals surface area contributed by atoms with Crippen molar-refractivity contribution in [2.45, 2.75) is 69.2 Å². The van der Waals surface area contributed by atoms with Crippen LogP contribution in [0.2, 0.25) is 0 Å². The third-order valence-electron chi connectivity index (χ3n) is 7.65. The topological polar surface area (TPSA) is 56.8 Å². The van der Waals surface area contributed by atoms with Crippen LogP contribution in [0.15, 0.2) is 24.3 Å². The molecule has 4 fully saturated rings. The van der Waals surface area contributed by atoms with Gasteiger partial charge in [-0.3, -0.25) is 4.90 Å². The van der Waals surface area contributed by atoms with Crippen LogP contribution in [-0.4, -0.2) is 61.9 Å². The van der Waals surface area contributed by atoms with E-state index in [9.17, 15) is 4.79 Å². The second-order valence-electron chi connectivity index (χ2n) is 9.35. The lowest BCUT2D eigenvalue weighted by atomic mass is 10.1. The summed E-state index contributed by atoms with van der Waals surface area (Å²) in [6, 6.07) is 9.53. The average Bonchev–Trinajstić information content (AvgIpc) is 3.52. The lowest BCUT2D eigenvalue weighted by molar-refractivity contribution is 0.0985. The summed E-state index contributed by atoms with van der Waals surface area (Å²) in [6.07, 6.45) is 8.79. The Bertz CT molecular complexity index is 741. The molecule has 1 aromatic carbocycles. The molecule has 2 aliphatic heterocycles. The quantitative estimate of drug-likeness (QED) is 0.798. The summed E-state index contributed by atoms with van der Waals surface area (Å²) >= 11 is 0. The summed E-state index contributed by atoms with van der Waals surface area (Å²) in [5.41, 5.74) is 2.12. The summed E-state index contributed by atoms with van der Waals surface area (Å²) in [7, 11) is 1.80. The molecule has 158 valence electrons. The molecule has 0 radical (unpaired) electrons. The van der Waals surface area contributed by atoms with E-state index in [2.05, 4.69) is 32.6 Å². The second-order valence-corrected chi connectivity index (χ2v) is 9.35. The third-order valence-corrected chi connectivity index (χ3v) is 7.65.